The molecule has 0 aliphatic rings. The predicted octanol–water partition coefficient (Wildman–Crippen LogP) is 2.45. The van der Waals surface area contributed by atoms with Crippen LogP contribution < -0.4 is 10.2 Å². The number of methoxy groups -OCH3 is 1. The first kappa shape index (κ1) is 17.7. The molecule has 2 aromatic carbocycles. The van der Waals surface area contributed by atoms with Crippen molar-refractivity contribution >= 4 is 16.8 Å². The van der Waals surface area contributed by atoms with Gasteiger partial charge in [-0.05, 0) is 29.8 Å². The normalized spacial score (nSPS) is 10.7. The van der Waals surface area contributed by atoms with E-state index in [4.69, 9.17) is 4.74 Å². The molecular formula is C20H21N3O3. The summed E-state index contributed by atoms with van der Waals surface area (Å²) < 4.78 is 6.91. The van der Waals surface area contributed by atoms with Crippen molar-refractivity contribution in [2.45, 2.75) is 19.5 Å². The number of nitrogens with zero attached hydrogens (tertiary/aromatic N) is 3. The number of para-hydroxylation sites is 1. The Hall–Kier alpha value is -3.15. The molecule has 3 aromatic rings. The third kappa shape index (κ3) is 3.91. The van der Waals surface area contributed by atoms with Crippen LogP contribution in [-0.4, -0.2) is 34.7 Å². The summed E-state index contributed by atoms with van der Waals surface area (Å²) in [7, 11) is 3.40. The average Bonchev–Trinajstić information content (AvgIpc) is 2.67. The van der Waals surface area contributed by atoms with E-state index in [1.54, 1.807) is 29.8 Å². The smallest absolute Gasteiger partial charge is 0.224 e. The summed E-state index contributed by atoms with van der Waals surface area (Å²) in [6.45, 7) is 0.927. The monoisotopic (exact) mass is 351 g/mol. The second-order valence-corrected chi connectivity index (χ2v) is 6.10. The van der Waals surface area contributed by atoms with Gasteiger partial charge in [0.05, 0.1) is 25.4 Å². The lowest BCUT2D eigenvalue weighted by atomic mass is 10.2. The summed E-state index contributed by atoms with van der Waals surface area (Å²) in [5.41, 5.74) is 1.63. The maximum atomic E-state index is 12.5. The number of fused-ring (bicyclic) bond motifs is 1. The molecule has 0 atom stereocenters. The summed E-state index contributed by atoms with van der Waals surface area (Å²) in [4.78, 5) is 26.0. The van der Waals surface area contributed by atoms with Crippen LogP contribution in [0, 0.1) is 0 Å². The van der Waals surface area contributed by atoms with Gasteiger partial charge in [0, 0.05) is 25.4 Å². The number of rotatable bonds is 6. The summed E-state index contributed by atoms with van der Waals surface area (Å²) in [6.07, 6.45) is 1.60. The molecule has 1 amide bonds. The maximum absolute atomic E-state index is 12.5. The topological polar surface area (TPSA) is 64.4 Å². The van der Waals surface area contributed by atoms with E-state index in [1.807, 2.05) is 42.5 Å². The fourth-order valence-electron chi connectivity index (χ4n) is 2.86. The van der Waals surface area contributed by atoms with Gasteiger partial charge >= 0.3 is 0 Å². The van der Waals surface area contributed by atoms with Gasteiger partial charge in [-0.25, -0.2) is 0 Å². The highest BCUT2D eigenvalue weighted by molar-refractivity contribution is 5.79. The highest BCUT2D eigenvalue weighted by atomic mass is 16.5. The average molecular weight is 351 g/mol. The molecule has 0 saturated carbocycles. The Morgan fingerprint density at radius 2 is 2.00 bits per heavy atom. The standard InChI is InChI=1S/C20H21N3O3/c1-22(14-15-6-5-7-16(12-15)26-2)20(25)10-11-23-18-9-4-3-8-17(18)19(24)13-21-23/h3-9,12-13H,10-11,14H2,1-2H3. The van der Waals surface area contributed by atoms with Crippen molar-refractivity contribution < 1.29 is 9.53 Å². The molecule has 0 bridgehead atoms. The molecule has 0 aliphatic carbocycles. The number of aryl methyl sites for hydroxylation is 1. The minimum absolute atomic E-state index is 0.0115. The Morgan fingerprint density at radius 1 is 1.19 bits per heavy atom. The van der Waals surface area contributed by atoms with E-state index in [2.05, 4.69) is 5.10 Å². The first-order chi connectivity index (χ1) is 12.6. The number of carbonyl (C=O) groups excluding carboxylic acids is 1. The minimum Gasteiger partial charge on any atom is -0.497 e. The zero-order valence-electron chi connectivity index (χ0n) is 14.9. The Morgan fingerprint density at radius 3 is 2.81 bits per heavy atom. The van der Waals surface area contributed by atoms with E-state index in [-0.39, 0.29) is 11.3 Å². The van der Waals surface area contributed by atoms with Gasteiger partial charge < -0.3 is 9.64 Å². The third-order valence-corrected chi connectivity index (χ3v) is 4.28. The Kier molecular flexibility index (Phi) is 5.31. The van der Waals surface area contributed by atoms with Gasteiger partial charge in [0.1, 0.15) is 5.75 Å². The van der Waals surface area contributed by atoms with E-state index in [0.29, 0.717) is 24.9 Å². The summed E-state index contributed by atoms with van der Waals surface area (Å²) in [5.74, 6) is 0.782. The molecule has 134 valence electrons. The summed E-state index contributed by atoms with van der Waals surface area (Å²) in [6, 6.07) is 14.9. The van der Waals surface area contributed by atoms with Crippen molar-refractivity contribution in [3.63, 3.8) is 0 Å². The van der Waals surface area contributed by atoms with E-state index < -0.39 is 0 Å². The lowest BCUT2D eigenvalue weighted by Gasteiger charge is -2.18. The zero-order chi connectivity index (χ0) is 18.5. The van der Waals surface area contributed by atoms with Crippen LogP contribution >= 0.6 is 0 Å². The van der Waals surface area contributed by atoms with E-state index in [0.717, 1.165) is 16.8 Å². The van der Waals surface area contributed by atoms with Gasteiger partial charge in [-0.1, -0.05) is 24.3 Å². The first-order valence-corrected chi connectivity index (χ1v) is 8.40. The molecule has 0 unspecified atom stereocenters. The molecule has 0 spiro atoms. The molecule has 0 saturated heterocycles. The molecule has 6 heteroatoms. The molecule has 3 rings (SSSR count). The first-order valence-electron chi connectivity index (χ1n) is 8.40. The molecular weight excluding hydrogens is 330 g/mol. The summed E-state index contributed by atoms with van der Waals surface area (Å²) in [5, 5.41) is 4.77. The highest BCUT2D eigenvalue weighted by Crippen LogP contribution is 2.14. The van der Waals surface area contributed by atoms with Crippen molar-refractivity contribution in [1.82, 2.24) is 14.7 Å². The second kappa shape index (κ2) is 7.82. The van der Waals surface area contributed by atoms with Gasteiger partial charge in [0.2, 0.25) is 11.3 Å². The lowest BCUT2D eigenvalue weighted by Crippen LogP contribution is -2.27. The summed E-state index contributed by atoms with van der Waals surface area (Å²) >= 11 is 0. The Bertz CT molecular complexity index is 981. The van der Waals surface area contributed by atoms with Crippen molar-refractivity contribution in [2.24, 2.45) is 0 Å². The molecule has 0 radical (unpaired) electrons. The number of hydrogen-bond donors (Lipinski definition) is 0. The number of ether oxygens (including phenoxy) is 1. The van der Waals surface area contributed by atoms with Gasteiger partial charge in [0.15, 0.2) is 0 Å². The van der Waals surface area contributed by atoms with E-state index >= 15 is 0 Å². The van der Waals surface area contributed by atoms with Crippen LogP contribution in [-0.2, 0) is 17.9 Å². The third-order valence-electron chi connectivity index (χ3n) is 4.28. The van der Waals surface area contributed by atoms with Gasteiger partial charge in [-0.3, -0.25) is 14.3 Å². The van der Waals surface area contributed by atoms with Gasteiger partial charge in [-0.15, -0.1) is 0 Å². The zero-order valence-corrected chi connectivity index (χ0v) is 14.9. The quantitative estimate of drug-likeness (QED) is 0.684. The predicted molar refractivity (Wildman–Crippen MR) is 100 cm³/mol. The Balaban J connectivity index is 1.67. The van der Waals surface area contributed by atoms with E-state index in [9.17, 15) is 9.59 Å². The van der Waals surface area contributed by atoms with Crippen molar-refractivity contribution in [3.05, 3.63) is 70.5 Å². The molecule has 0 aliphatic heterocycles. The minimum atomic E-state index is -0.113. The number of benzene rings is 2. The lowest BCUT2D eigenvalue weighted by molar-refractivity contribution is -0.130. The molecule has 0 N–H and O–H groups in total. The number of carbonyl (C=O) groups is 1. The second-order valence-electron chi connectivity index (χ2n) is 6.10. The van der Waals surface area contributed by atoms with Crippen LogP contribution in [0.5, 0.6) is 5.75 Å². The number of aromatic nitrogens is 2. The van der Waals surface area contributed by atoms with Gasteiger partial charge in [-0.2, -0.15) is 5.10 Å². The van der Waals surface area contributed by atoms with Gasteiger partial charge in [0.25, 0.3) is 0 Å². The molecule has 26 heavy (non-hydrogen) atoms. The van der Waals surface area contributed by atoms with Crippen molar-refractivity contribution in [3.8, 4) is 5.75 Å². The maximum Gasteiger partial charge on any atom is 0.224 e. The number of amides is 1. The van der Waals surface area contributed by atoms with Crippen LogP contribution in [0.15, 0.2) is 59.5 Å². The largest absolute Gasteiger partial charge is 0.497 e. The number of hydrogen-bond acceptors (Lipinski definition) is 4. The van der Waals surface area contributed by atoms with Crippen LogP contribution in [0.25, 0.3) is 10.9 Å². The van der Waals surface area contributed by atoms with Crippen LogP contribution in [0.3, 0.4) is 0 Å². The van der Waals surface area contributed by atoms with Crippen LogP contribution in [0.2, 0.25) is 0 Å². The van der Waals surface area contributed by atoms with Crippen LogP contribution in [0.4, 0.5) is 0 Å². The fraction of sp³-hybridized carbons (Fsp3) is 0.250. The fourth-order valence-corrected chi connectivity index (χ4v) is 2.86. The van der Waals surface area contributed by atoms with E-state index in [1.165, 1.54) is 6.20 Å². The van der Waals surface area contributed by atoms with Crippen LogP contribution in [0.1, 0.15) is 12.0 Å². The highest BCUT2D eigenvalue weighted by Gasteiger charge is 2.11. The molecule has 6 nitrogen and oxygen atoms in total. The molecule has 1 aromatic heterocycles. The SMILES string of the molecule is COc1cccc(CN(C)C(=O)CCn2ncc(=O)c3ccccc32)c1. The molecule has 0 fully saturated rings. The van der Waals surface area contributed by atoms with Crippen molar-refractivity contribution in [1.29, 1.82) is 0 Å². The Labute approximate surface area is 151 Å². The van der Waals surface area contributed by atoms with Crippen molar-refractivity contribution in [2.75, 3.05) is 14.2 Å². The molecule has 1 heterocycles.